The first-order valence-corrected chi connectivity index (χ1v) is 13.3. The van der Waals surface area contributed by atoms with Gasteiger partial charge in [0, 0.05) is 58.9 Å². The number of aryl methyl sites for hydroxylation is 2. The Morgan fingerprint density at radius 2 is 1.76 bits per heavy atom. The van der Waals surface area contributed by atoms with Crippen molar-refractivity contribution in [1.82, 2.24) is 9.55 Å². The van der Waals surface area contributed by atoms with Gasteiger partial charge in [0.1, 0.15) is 0 Å². The van der Waals surface area contributed by atoms with Gasteiger partial charge < -0.3 is 23.8 Å². The summed E-state index contributed by atoms with van der Waals surface area (Å²) < 4.78 is 18.8. The number of hydrogen-bond acceptors (Lipinski definition) is 5. The lowest BCUT2D eigenvalue weighted by atomic mass is 9.85. The Labute approximate surface area is 221 Å². The standard InChI is InChI=1S/C31H32N2O5/c1-18(26-11-7-15-38-26)19-12-13-22-24(17-33-14-6-9-21(19)29(22)33)28(31(35)37-3)27(30(34)36-2)23-16-32-25-10-5-4-8-20(23)25/h4-5,8,10,12-13,16-18,26,32H,6-7,9,11,14-15H2,1-3H3/b28-27-. The molecular formula is C31H32N2O5. The number of ether oxygens (including phenoxy) is 3. The summed E-state index contributed by atoms with van der Waals surface area (Å²) in [6.45, 7) is 3.92. The molecule has 0 amide bonds. The Kier molecular flexibility index (Phi) is 6.32. The largest absolute Gasteiger partial charge is 0.465 e. The number of para-hydroxylation sites is 1. The van der Waals surface area contributed by atoms with E-state index in [0.29, 0.717) is 11.1 Å². The van der Waals surface area contributed by atoms with E-state index in [0.717, 1.165) is 60.6 Å². The van der Waals surface area contributed by atoms with Gasteiger partial charge in [-0.1, -0.05) is 37.3 Å². The topological polar surface area (TPSA) is 82.6 Å². The van der Waals surface area contributed by atoms with Crippen molar-refractivity contribution < 1.29 is 23.8 Å². The summed E-state index contributed by atoms with van der Waals surface area (Å²) in [5.41, 5.74) is 6.28. The molecule has 0 radical (unpaired) electrons. The fraction of sp³-hybridized carbons (Fsp3) is 0.355. The average molecular weight is 513 g/mol. The van der Waals surface area contributed by atoms with Gasteiger partial charge in [-0.15, -0.1) is 0 Å². The number of H-pyrrole nitrogens is 1. The van der Waals surface area contributed by atoms with Gasteiger partial charge in [0.05, 0.1) is 37.0 Å². The number of nitrogens with one attached hydrogen (secondary N) is 1. The maximum absolute atomic E-state index is 13.5. The van der Waals surface area contributed by atoms with E-state index in [9.17, 15) is 9.59 Å². The minimum Gasteiger partial charge on any atom is -0.465 e. The Morgan fingerprint density at radius 3 is 2.50 bits per heavy atom. The predicted octanol–water partition coefficient (Wildman–Crippen LogP) is 5.61. The molecule has 2 aromatic heterocycles. The summed E-state index contributed by atoms with van der Waals surface area (Å²) in [4.78, 5) is 30.0. The molecule has 2 aliphatic rings. The van der Waals surface area contributed by atoms with Crippen molar-refractivity contribution in [1.29, 1.82) is 0 Å². The van der Waals surface area contributed by atoms with Crippen LogP contribution >= 0.6 is 0 Å². The Bertz CT molecular complexity index is 1580. The maximum atomic E-state index is 13.5. The van der Waals surface area contributed by atoms with Crippen LogP contribution in [-0.4, -0.2) is 48.4 Å². The minimum absolute atomic E-state index is 0.188. The molecule has 1 saturated heterocycles. The molecule has 1 N–H and O–H groups in total. The highest BCUT2D eigenvalue weighted by atomic mass is 16.5. The number of aromatic amines is 1. The molecule has 0 aliphatic carbocycles. The van der Waals surface area contributed by atoms with Crippen LogP contribution in [0.25, 0.3) is 33.0 Å². The molecule has 2 unspecified atom stereocenters. The monoisotopic (exact) mass is 512 g/mol. The highest BCUT2D eigenvalue weighted by Gasteiger charge is 2.32. The van der Waals surface area contributed by atoms with Crippen LogP contribution in [0.1, 0.15) is 54.4 Å². The number of carbonyl (C=O) groups is 2. The van der Waals surface area contributed by atoms with Crippen molar-refractivity contribution in [3.05, 3.63) is 71.0 Å². The number of nitrogens with zero attached hydrogens (tertiary/aromatic N) is 1. The number of hydrogen-bond donors (Lipinski definition) is 1. The Balaban J connectivity index is 1.62. The van der Waals surface area contributed by atoms with Gasteiger partial charge in [-0.05, 0) is 42.9 Å². The third kappa shape index (κ3) is 3.84. The van der Waals surface area contributed by atoms with Crippen LogP contribution in [0.15, 0.2) is 48.8 Å². The molecule has 1 fully saturated rings. The minimum atomic E-state index is -0.588. The lowest BCUT2D eigenvalue weighted by Gasteiger charge is -2.25. The second-order valence-corrected chi connectivity index (χ2v) is 10.2. The smallest absolute Gasteiger partial charge is 0.339 e. The third-order valence-electron chi connectivity index (χ3n) is 8.18. The zero-order valence-corrected chi connectivity index (χ0v) is 22.0. The lowest BCUT2D eigenvalue weighted by molar-refractivity contribution is -0.135. The Morgan fingerprint density at radius 1 is 1.00 bits per heavy atom. The number of fused-ring (bicyclic) bond motifs is 1. The molecule has 0 bridgehead atoms. The van der Waals surface area contributed by atoms with Crippen molar-refractivity contribution in [2.45, 2.75) is 51.2 Å². The number of carbonyl (C=O) groups excluding carboxylic acids is 2. The molecule has 0 saturated carbocycles. The van der Waals surface area contributed by atoms with Gasteiger partial charge in [0.2, 0.25) is 0 Å². The summed E-state index contributed by atoms with van der Waals surface area (Å²) in [7, 11) is 2.68. The van der Waals surface area contributed by atoms with Crippen molar-refractivity contribution in [2.24, 2.45) is 0 Å². The lowest BCUT2D eigenvalue weighted by Crippen LogP contribution is -2.18. The quantitative estimate of drug-likeness (QED) is 0.268. The molecule has 2 aromatic carbocycles. The molecule has 38 heavy (non-hydrogen) atoms. The molecule has 2 atom stereocenters. The summed E-state index contributed by atoms with van der Waals surface area (Å²) in [5, 5.41) is 1.76. The van der Waals surface area contributed by atoms with E-state index in [2.05, 4.69) is 28.6 Å². The van der Waals surface area contributed by atoms with E-state index in [4.69, 9.17) is 14.2 Å². The second kappa shape index (κ2) is 9.80. The summed E-state index contributed by atoms with van der Waals surface area (Å²) in [6.07, 6.45) is 8.14. The highest BCUT2D eigenvalue weighted by molar-refractivity contribution is 6.40. The van der Waals surface area contributed by atoms with Crippen LogP contribution in [0.2, 0.25) is 0 Å². The van der Waals surface area contributed by atoms with Gasteiger partial charge in [0.25, 0.3) is 0 Å². The molecule has 0 spiro atoms. The van der Waals surface area contributed by atoms with E-state index >= 15 is 0 Å². The number of rotatable bonds is 6. The third-order valence-corrected chi connectivity index (χ3v) is 8.18. The first-order valence-electron chi connectivity index (χ1n) is 13.3. The van der Waals surface area contributed by atoms with E-state index in [-0.39, 0.29) is 23.2 Å². The van der Waals surface area contributed by atoms with Crippen LogP contribution < -0.4 is 0 Å². The van der Waals surface area contributed by atoms with E-state index in [1.807, 2.05) is 30.5 Å². The first kappa shape index (κ1) is 24.5. The molecule has 4 heterocycles. The van der Waals surface area contributed by atoms with Gasteiger partial charge in [-0.2, -0.15) is 0 Å². The summed E-state index contributed by atoms with van der Waals surface area (Å²) >= 11 is 0. The van der Waals surface area contributed by atoms with Gasteiger partial charge in [-0.3, -0.25) is 0 Å². The van der Waals surface area contributed by atoms with Crippen LogP contribution in [0, 0.1) is 0 Å². The fourth-order valence-electron chi connectivity index (χ4n) is 6.35. The zero-order valence-electron chi connectivity index (χ0n) is 22.0. The van der Waals surface area contributed by atoms with Gasteiger partial charge in [-0.25, -0.2) is 9.59 Å². The van der Waals surface area contributed by atoms with Crippen molar-refractivity contribution in [2.75, 3.05) is 20.8 Å². The molecule has 7 nitrogen and oxygen atoms in total. The average Bonchev–Trinajstić information content (AvgIpc) is 3.71. The molecule has 6 rings (SSSR count). The SMILES string of the molecule is COC(=O)/C(=C(\C(=O)OC)c1cn2c3c(c(C(C)C4CCCO4)ccc13)CCC2)c1c[nH]c2ccccc12. The first-order chi connectivity index (χ1) is 18.5. The van der Waals surface area contributed by atoms with Gasteiger partial charge in [0.15, 0.2) is 0 Å². The second-order valence-electron chi connectivity index (χ2n) is 10.2. The molecule has 4 aromatic rings. The van der Waals surface area contributed by atoms with Crippen molar-refractivity contribution >= 4 is 44.9 Å². The number of benzene rings is 2. The Hall–Kier alpha value is -3.84. The highest BCUT2D eigenvalue weighted by Crippen LogP contribution is 2.42. The van der Waals surface area contributed by atoms with Crippen LogP contribution in [0.5, 0.6) is 0 Å². The zero-order chi connectivity index (χ0) is 26.4. The molecule has 196 valence electrons. The summed E-state index contributed by atoms with van der Waals surface area (Å²) in [6, 6.07) is 12.0. The van der Waals surface area contributed by atoms with E-state index < -0.39 is 11.9 Å². The molecule has 2 aliphatic heterocycles. The summed E-state index contributed by atoms with van der Waals surface area (Å²) in [5.74, 6) is -0.878. The predicted molar refractivity (Wildman–Crippen MR) is 147 cm³/mol. The molecular weight excluding hydrogens is 480 g/mol. The van der Waals surface area contributed by atoms with Crippen LogP contribution in [-0.2, 0) is 36.8 Å². The normalized spacial score (nSPS) is 18.4. The van der Waals surface area contributed by atoms with E-state index in [1.54, 1.807) is 6.20 Å². The van der Waals surface area contributed by atoms with Crippen molar-refractivity contribution in [3.63, 3.8) is 0 Å². The van der Waals surface area contributed by atoms with Crippen LogP contribution in [0.3, 0.4) is 0 Å². The van der Waals surface area contributed by atoms with Gasteiger partial charge >= 0.3 is 11.9 Å². The fourth-order valence-corrected chi connectivity index (χ4v) is 6.35. The van der Waals surface area contributed by atoms with Crippen LogP contribution in [0.4, 0.5) is 0 Å². The van der Waals surface area contributed by atoms with E-state index in [1.165, 1.54) is 25.3 Å². The number of aromatic nitrogens is 2. The van der Waals surface area contributed by atoms with Crippen molar-refractivity contribution in [3.8, 4) is 0 Å². The maximum Gasteiger partial charge on any atom is 0.339 e. The number of methoxy groups -OCH3 is 2. The molecule has 7 heteroatoms. The number of esters is 2.